The number of carbonyl (C=O) groups is 3. The van der Waals surface area contributed by atoms with Crippen molar-refractivity contribution in [1.29, 1.82) is 0 Å². The molecule has 0 saturated carbocycles. The number of ether oxygens (including phenoxy) is 4. The maximum Gasteiger partial charge on any atom is 0.364 e. The Labute approximate surface area is 279 Å². The summed E-state index contributed by atoms with van der Waals surface area (Å²) in [5.74, 6) is -0.297. The molecule has 0 fully saturated rings. The molecule has 0 saturated heterocycles. The molecule has 2 unspecified atom stereocenters. The highest BCUT2D eigenvalue weighted by molar-refractivity contribution is 7.62. The monoisotopic (exact) mass is 690 g/mol. The highest BCUT2D eigenvalue weighted by Gasteiger charge is 2.34. The van der Waals surface area contributed by atoms with E-state index in [1.807, 2.05) is 13.8 Å². The molecule has 0 radical (unpaired) electrons. The van der Waals surface area contributed by atoms with Gasteiger partial charge in [-0.3, -0.25) is 28.8 Å². The first kappa shape index (κ1) is 37.7. The zero-order valence-electron chi connectivity index (χ0n) is 28.2. The van der Waals surface area contributed by atoms with Crippen molar-refractivity contribution in [3.05, 3.63) is 59.6 Å². The lowest BCUT2D eigenvalue weighted by Gasteiger charge is -2.25. The molecule has 1 amide bonds. The molecular weight excluding hydrogens is 647 g/mol. The summed E-state index contributed by atoms with van der Waals surface area (Å²) in [6.07, 6.45) is 0.209. The number of rotatable bonds is 14. The summed E-state index contributed by atoms with van der Waals surface area (Å²) >= 11 is 1.29. The summed E-state index contributed by atoms with van der Waals surface area (Å²) in [5.41, 5.74) is -1.25. The van der Waals surface area contributed by atoms with Crippen LogP contribution in [0.25, 0.3) is 0 Å². The number of esters is 2. The average molecular weight is 691 g/mol. The summed E-state index contributed by atoms with van der Waals surface area (Å²) in [6, 6.07) is 10.9. The summed E-state index contributed by atoms with van der Waals surface area (Å²) in [7, 11) is -4.11. The van der Waals surface area contributed by atoms with Crippen LogP contribution in [0.4, 0.5) is 5.13 Å². The third-order valence-electron chi connectivity index (χ3n) is 5.92. The Morgan fingerprint density at radius 2 is 1.51 bits per heavy atom. The van der Waals surface area contributed by atoms with Gasteiger partial charge in [0.05, 0.1) is 28.8 Å². The fourth-order valence-electron chi connectivity index (χ4n) is 3.61. The van der Waals surface area contributed by atoms with Crippen LogP contribution in [0.1, 0.15) is 72.7 Å². The van der Waals surface area contributed by atoms with Crippen LogP contribution < -0.4 is 20.1 Å². The van der Waals surface area contributed by atoms with Crippen molar-refractivity contribution in [3.63, 3.8) is 0 Å². The molecule has 0 aliphatic carbocycles. The zero-order valence-corrected chi connectivity index (χ0v) is 29.9. The van der Waals surface area contributed by atoms with Gasteiger partial charge in [-0.1, -0.05) is 0 Å². The molecule has 1 aromatic heterocycles. The molecule has 2 aromatic carbocycles. The van der Waals surface area contributed by atoms with Gasteiger partial charge in [0, 0.05) is 23.2 Å². The molecule has 256 valence electrons. The van der Waals surface area contributed by atoms with Gasteiger partial charge < -0.3 is 23.5 Å². The van der Waals surface area contributed by atoms with Crippen LogP contribution in [0.5, 0.6) is 17.2 Å². The lowest BCUT2D eigenvalue weighted by molar-refractivity contribution is -0.171. The second kappa shape index (κ2) is 15.9. The van der Waals surface area contributed by atoms with E-state index < -0.39 is 36.7 Å². The van der Waals surface area contributed by atoms with Gasteiger partial charge in [0.15, 0.2) is 5.13 Å². The Bertz CT molecular complexity index is 1560. The van der Waals surface area contributed by atoms with Gasteiger partial charge in [-0.05, 0) is 98.7 Å². The van der Waals surface area contributed by atoms with Gasteiger partial charge >= 0.3 is 19.5 Å². The van der Waals surface area contributed by atoms with Crippen LogP contribution in [0.15, 0.2) is 54.0 Å². The quantitative estimate of drug-likeness (QED) is 0.0783. The number of nitrogens with zero attached hydrogens (tertiary/aromatic N) is 1. The highest BCUT2D eigenvalue weighted by Crippen LogP contribution is 2.49. The first-order valence-corrected chi connectivity index (χ1v) is 17.4. The minimum absolute atomic E-state index is 0.145. The zero-order chi connectivity index (χ0) is 35.0. The molecule has 2 atom stereocenters. The van der Waals surface area contributed by atoms with Crippen molar-refractivity contribution in [2.24, 2.45) is 10.8 Å². The average Bonchev–Trinajstić information content (AvgIpc) is 3.47. The molecule has 3 rings (SSSR count). The van der Waals surface area contributed by atoms with E-state index >= 15 is 0 Å². The smallest absolute Gasteiger partial charge is 0.364 e. The summed E-state index contributed by atoms with van der Waals surface area (Å²) in [4.78, 5) is 41.6. The summed E-state index contributed by atoms with van der Waals surface area (Å²) in [5, 5.41) is 5.09. The second-order valence-electron chi connectivity index (χ2n) is 12.8. The first-order valence-electron chi connectivity index (χ1n) is 15.0. The Balaban J connectivity index is 1.83. The SMILES string of the molecule is CC(C)Oc1cc(Oc2ccc(P(=O)(OCCOC(=O)C(C)(C)C)OC(C)OC(=O)C(C)(C)C)cc2)cc(C(=O)Nc2nccs2)c1. The number of hydrogen-bond donors (Lipinski definition) is 1. The van der Waals surface area contributed by atoms with E-state index in [1.54, 1.807) is 83.5 Å². The number of hydrogen-bond acceptors (Lipinski definition) is 12. The number of anilines is 1. The van der Waals surface area contributed by atoms with Crippen LogP contribution in [-0.2, 0) is 32.7 Å². The normalized spacial score (nSPS) is 13.7. The van der Waals surface area contributed by atoms with Crippen LogP contribution in [0, 0.1) is 10.8 Å². The van der Waals surface area contributed by atoms with Crippen molar-refractivity contribution in [1.82, 2.24) is 4.98 Å². The maximum atomic E-state index is 14.1. The molecule has 1 N–H and O–H groups in total. The topological polar surface area (TPSA) is 149 Å². The standard InChI is InChI=1S/C33H43N2O10PS/c1-21(2)42-25-18-23(28(36)35-31-34-14-17-47-31)19-26(20-25)44-24-10-12-27(13-11-24)46(39,41-16-15-40-29(37)32(4,5)6)45-22(3)43-30(38)33(7,8)9/h10-14,17-22H,15-16H2,1-9H3,(H,34,35,36). The highest BCUT2D eigenvalue weighted by atomic mass is 32.1. The third kappa shape index (κ3) is 11.8. The molecule has 0 bridgehead atoms. The fourth-order valence-corrected chi connectivity index (χ4v) is 5.73. The fraction of sp³-hybridized carbons (Fsp3) is 0.455. The molecule has 0 spiro atoms. The number of aromatic nitrogens is 1. The molecule has 0 aliphatic heterocycles. The van der Waals surface area contributed by atoms with Gasteiger partial charge in [0.1, 0.15) is 23.9 Å². The molecule has 14 heteroatoms. The maximum absolute atomic E-state index is 14.1. The number of nitrogens with one attached hydrogen (secondary N) is 1. The lowest BCUT2D eigenvalue weighted by Crippen LogP contribution is -2.29. The van der Waals surface area contributed by atoms with Crippen molar-refractivity contribution < 1.29 is 46.9 Å². The van der Waals surface area contributed by atoms with Crippen molar-refractivity contribution >= 4 is 47.2 Å². The molecular formula is C33H43N2O10PS. The lowest BCUT2D eigenvalue weighted by atomic mass is 9.97. The number of benzene rings is 2. The van der Waals surface area contributed by atoms with E-state index in [9.17, 15) is 18.9 Å². The number of carbonyl (C=O) groups excluding carboxylic acids is 3. The van der Waals surface area contributed by atoms with Crippen LogP contribution in [-0.4, -0.2) is 48.4 Å². The van der Waals surface area contributed by atoms with E-state index in [0.717, 1.165) is 0 Å². The van der Waals surface area contributed by atoms with Gasteiger partial charge in [0.2, 0.25) is 6.29 Å². The van der Waals surface area contributed by atoms with Gasteiger partial charge in [-0.25, -0.2) is 4.98 Å². The Hall–Kier alpha value is -3.77. The van der Waals surface area contributed by atoms with Gasteiger partial charge in [0.25, 0.3) is 5.91 Å². The van der Waals surface area contributed by atoms with E-state index in [0.29, 0.717) is 27.9 Å². The molecule has 12 nitrogen and oxygen atoms in total. The molecule has 3 aromatic rings. The van der Waals surface area contributed by atoms with E-state index in [1.165, 1.54) is 30.4 Å². The molecule has 1 heterocycles. The van der Waals surface area contributed by atoms with Crippen molar-refractivity contribution in [2.75, 3.05) is 18.5 Å². The predicted molar refractivity (Wildman–Crippen MR) is 178 cm³/mol. The third-order valence-corrected chi connectivity index (χ3v) is 8.63. The Morgan fingerprint density at radius 1 is 0.872 bits per heavy atom. The minimum atomic E-state index is -4.11. The van der Waals surface area contributed by atoms with Gasteiger partial charge in [-0.2, -0.15) is 0 Å². The van der Waals surface area contributed by atoms with Crippen LogP contribution in [0.3, 0.4) is 0 Å². The molecule has 47 heavy (non-hydrogen) atoms. The Morgan fingerprint density at radius 3 is 2.09 bits per heavy atom. The predicted octanol–water partition coefficient (Wildman–Crippen LogP) is 7.35. The summed E-state index contributed by atoms with van der Waals surface area (Å²) < 4.78 is 47.9. The number of amides is 1. The Kier molecular flexibility index (Phi) is 12.7. The number of thiazole rings is 1. The largest absolute Gasteiger partial charge is 0.491 e. The molecule has 0 aliphatic rings. The summed E-state index contributed by atoms with van der Waals surface area (Å²) in [6.45, 7) is 14.9. The van der Waals surface area contributed by atoms with Crippen molar-refractivity contribution in [3.8, 4) is 17.2 Å². The van der Waals surface area contributed by atoms with Gasteiger partial charge in [-0.15, -0.1) is 11.3 Å². The second-order valence-corrected chi connectivity index (χ2v) is 15.7. The van der Waals surface area contributed by atoms with Crippen molar-refractivity contribution in [2.45, 2.75) is 74.7 Å². The van der Waals surface area contributed by atoms with E-state index in [4.69, 9.17) is 28.0 Å². The van der Waals surface area contributed by atoms with Crippen LogP contribution >= 0.6 is 18.9 Å². The van der Waals surface area contributed by atoms with E-state index in [2.05, 4.69) is 10.3 Å². The van der Waals surface area contributed by atoms with E-state index in [-0.39, 0.29) is 30.5 Å². The minimum Gasteiger partial charge on any atom is -0.491 e. The van der Waals surface area contributed by atoms with Crippen LogP contribution in [0.2, 0.25) is 0 Å². The first-order chi connectivity index (χ1) is 21.9.